The van der Waals surface area contributed by atoms with Crippen molar-refractivity contribution in [2.45, 2.75) is 38.6 Å². The van der Waals surface area contributed by atoms with E-state index in [-0.39, 0.29) is 5.91 Å². The van der Waals surface area contributed by atoms with E-state index in [0.29, 0.717) is 17.7 Å². The zero-order valence-corrected chi connectivity index (χ0v) is 11.4. The average molecular weight is 250 g/mol. The molecule has 0 bridgehead atoms. The Bertz CT molecular complexity index is 413. The van der Waals surface area contributed by atoms with E-state index >= 15 is 0 Å². The molecule has 2 rings (SSSR count). The van der Waals surface area contributed by atoms with Crippen molar-refractivity contribution < 1.29 is 4.79 Å². The number of carbonyl (C=O) groups excluding carboxylic acids is 1. The fraction of sp³-hybridized carbons (Fsp3) is 0.692. The fourth-order valence-electron chi connectivity index (χ4n) is 2.52. The number of H-pyrrole nitrogens is 1. The summed E-state index contributed by atoms with van der Waals surface area (Å²) in [5.41, 5.74) is 1.56. The minimum Gasteiger partial charge on any atom is -0.354 e. The molecule has 1 unspecified atom stereocenters. The summed E-state index contributed by atoms with van der Waals surface area (Å²) in [6.45, 7) is 6.67. The molecule has 0 radical (unpaired) electrons. The lowest BCUT2D eigenvalue weighted by Gasteiger charge is -2.34. The second kappa shape index (κ2) is 5.52. The summed E-state index contributed by atoms with van der Waals surface area (Å²) >= 11 is 0. The zero-order valence-electron chi connectivity index (χ0n) is 11.4. The molecular weight excluding hydrogens is 228 g/mol. The van der Waals surface area contributed by atoms with E-state index in [2.05, 4.69) is 34.3 Å². The van der Waals surface area contributed by atoms with Gasteiger partial charge in [-0.15, -0.1) is 0 Å². The van der Waals surface area contributed by atoms with Crippen LogP contribution in [0.1, 0.15) is 48.8 Å². The molecule has 1 saturated heterocycles. The maximum Gasteiger partial charge on any atom is 0.271 e. The van der Waals surface area contributed by atoms with Crippen LogP contribution in [0.4, 0.5) is 0 Å². The molecule has 5 nitrogen and oxygen atoms in total. The van der Waals surface area contributed by atoms with Crippen molar-refractivity contribution in [1.82, 2.24) is 20.4 Å². The Morgan fingerprint density at radius 3 is 3.06 bits per heavy atom. The minimum atomic E-state index is -0.131. The largest absolute Gasteiger partial charge is 0.354 e. The number of aromatic nitrogens is 2. The molecule has 1 atom stereocenters. The van der Waals surface area contributed by atoms with Gasteiger partial charge in [-0.2, -0.15) is 5.10 Å². The Hall–Kier alpha value is -1.36. The summed E-state index contributed by atoms with van der Waals surface area (Å²) < 4.78 is 0. The summed E-state index contributed by atoms with van der Waals surface area (Å²) in [6, 6.07) is 2.46. The number of hydrogen-bond acceptors (Lipinski definition) is 3. The molecule has 5 heteroatoms. The molecule has 1 aliphatic rings. The molecular formula is C13H22N4O. The molecule has 0 spiro atoms. The monoisotopic (exact) mass is 250 g/mol. The first-order valence-electron chi connectivity index (χ1n) is 6.63. The summed E-state index contributed by atoms with van der Waals surface area (Å²) in [5.74, 6) is 0.334. The van der Waals surface area contributed by atoms with Gasteiger partial charge in [0, 0.05) is 31.2 Å². The molecule has 0 aromatic carbocycles. The standard InChI is InChI=1S/C13H22N4O/c1-9(2)17-6-4-5-10(8-17)11-7-12(16-15-11)13(18)14-3/h7,9-10H,4-6,8H2,1-3H3,(H,14,18)(H,15,16). The molecule has 0 saturated carbocycles. The summed E-state index contributed by atoms with van der Waals surface area (Å²) in [6.07, 6.45) is 2.37. The van der Waals surface area contributed by atoms with Crippen molar-refractivity contribution in [2.24, 2.45) is 0 Å². The van der Waals surface area contributed by atoms with Gasteiger partial charge in [0.15, 0.2) is 0 Å². The Kier molecular flexibility index (Phi) is 4.01. The highest BCUT2D eigenvalue weighted by Crippen LogP contribution is 2.26. The highest BCUT2D eigenvalue weighted by atomic mass is 16.1. The lowest BCUT2D eigenvalue weighted by Crippen LogP contribution is -2.39. The number of likely N-dealkylation sites (tertiary alicyclic amines) is 1. The third-order valence-electron chi connectivity index (χ3n) is 3.68. The van der Waals surface area contributed by atoms with E-state index < -0.39 is 0 Å². The van der Waals surface area contributed by atoms with E-state index in [1.165, 1.54) is 19.4 Å². The molecule has 100 valence electrons. The van der Waals surface area contributed by atoms with Crippen LogP contribution in [0, 0.1) is 0 Å². The number of aromatic amines is 1. The number of amides is 1. The van der Waals surface area contributed by atoms with Gasteiger partial charge in [-0.1, -0.05) is 0 Å². The highest BCUT2D eigenvalue weighted by Gasteiger charge is 2.24. The fourth-order valence-corrected chi connectivity index (χ4v) is 2.52. The van der Waals surface area contributed by atoms with Crippen molar-refractivity contribution in [2.75, 3.05) is 20.1 Å². The smallest absolute Gasteiger partial charge is 0.271 e. The topological polar surface area (TPSA) is 61.0 Å². The normalized spacial score (nSPS) is 21.2. The van der Waals surface area contributed by atoms with Gasteiger partial charge >= 0.3 is 0 Å². The van der Waals surface area contributed by atoms with Crippen LogP contribution in [0.25, 0.3) is 0 Å². The van der Waals surface area contributed by atoms with Crippen molar-refractivity contribution in [1.29, 1.82) is 0 Å². The van der Waals surface area contributed by atoms with Crippen LogP contribution in [0.3, 0.4) is 0 Å². The molecule has 0 aliphatic carbocycles. The van der Waals surface area contributed by atoms with Crippen molar-refractivity contribution in [3.05, 3.63) is 17.5 Å². The second-order valence-electron chi connectivity index (χ2n) is 5.22. The van der Waals surface area contributed by atoms with E-state index in [1.54, 1.807) is 7.05 Å². The third kappa shape index (κ3) is 2.72. The molecule has 1 aromatic heterocycles. The number of nitrogens with one attached hydrogen (secondary N) is 2. The third-order valence-corrected chi connectivity index (χ3v) is 3.68. The zero-order chi connectivity index (χ0) is 13.1. The molecule has 1 aliphatic heterocycles. The maximum absolute atomic E-state index is 11.5. The van der Waals surface area contributed by atoms with Crippen LogP contribution < -0.4 is 5.32 Å². The highest BCUT2D eigenvalue weighted by molar-refractivity contribution is 5.92. The van der Waals surface area contributed by atoms with Gasteiger partial charge < -0.3 is 10.2 Å². The van der Waals surface area contributed by atoms with Crippen molar-refractivity contribution in [3.8, 4) is 0 Å². The maximum atomic E-state index is 11.5. The van der Waals surface area contributed by atoms with Gasteiger partial charge in [-0.05, 0) is 39.3 Å². The number of hydrogen-bond donors (Lipinski definition) is 2. The van der Waals surface area contributed by atoms with Gasteiger partial charge in [0.05, 0.1) is 0 Å². The quantitative estimate of drug-likeness (QED) is 0.851. The van der Waals surface area contributed by atoms with Crippen LogP contribution in [0.5, 0.6) is 0 Å². The van der Waals surface area contributed by atoms with Gasteiger partial charge in [-0.25, -0.2) is 0 Å². The minimum absolute atomic E-state index is 0.131. The number of carbonyl (C=O) groups is 1. The predicted molar refractivity (Wildman–Crippen MR) is 70.7 cm³/mol. The van der Waals surface area contributed by atoms with E-state index in [0.717, 1.165) is 12.2 Å². The molecule has 1 fully saturated rings. The lowest BCUT2D eigenvalue weighted by atomic mass is 9.94. The SMILES string of the molecule is CNC(=O)c1cc(C2CCCN(C(C)C)C2)[nH]n1. The molecule has 1 amide bonds. The Morgan fingerprint density at radius 2 is 2.39 bits per heavy atom. The second-order valence-corrected chi connectivity index (χ2v) is 5.22. The van der Waals surface area contributed by atoms with Crippen LogP contribution >= 0.6 is 0 Å². The Balaban J connectivity index is 2.07. The Labute approximate surface area is 108 Å². The van der Waals surface area contributed by atoms with Gasteiger partial charge in [0.25, 0.3) is 5.91 Å². The number of piperidine rings is 1. The van der Waals surface area contributed by atoms with Crippen molar-refractivity contribution >= 4 is 5.91 Å². The van der Waals surface area contributed by atoms with E-state index in [1.807, 2.05) is 6.07 Å². The van der Waals surface area contributed by atoms with Crippen LogP contribution in [0.15, 0.2) is 6.07 Å². The summed E-state index contributed by atoms with van der Waals surface area (Å²) in [4.78, 5) is 14.0. The summed E-state index contributed by atoms with van der Waals surface area (Å²) in [7, 11) is 1.62. The molecule has 18 heavy (non-hydrogen) atoms. The predicted octanol–water partition coefficient (Wildman–Crippen LogP) is 1.36. The van der Waals surface area contributed by atoms with Crippen LogP contribution in [0.2, 0.25) is 0 Å². The first kappa shape index (κ1) is 13.1. The number of rotatable bonds is 3. The van der Waals surface area contributed by atoms with Crippen molar-refractivity contribution in [3.63, 3.8) is 0 Å². The van der Waals surface area contributed by atoms with E-state index in [4.69, 9.17) is 0 Å². The van der Waals surface area contributed by atoms with Gasteiger partial charge in [0.2, 0.25) is 0 Å². The lowest BCUT2D eigenvalue weighted by molar-refractivity contribution is 0.0958. The van der Waals surface area contributed by atoms with Gasteiger partial charge in [0.1, 0.15) is 5.69 Å². The van der Waals surface area contributed by atoms with E-state index in [9.17, 15) is 4.79 Å². The first-order chi connectivity index (χ1) is 8.61. The molecule has 1 aromatic rings. The van der Waals surface area contributed by atoms with Gasteiger partial charge in [-0.3, -0.25) is 9.89 Å². The molecule has 2 N–H and O–H groups in total. The summed E-state index contributed by atoms with van der Waals surface area (Å²) in [5, 5.41) is 9.68. The van der Waals surface area contributed by atoms with Crippen LogP contribution in [-0.2, 0) is 0 Å². The molecule has 2 heterocycles. The Morgan fingerprint density at radius 1 is 1.61 bits per heavy atom. The first-order valence-corrected chi connectivity index (χ1v) is 6.63. The van der Waals surface area contributed by atoms with Crippen LogP contribution in [-0.4, -0.2) is 47.2 Å². The average Bonchev–Trinajstić information content (AvgIpc) is 2.87. The number of nitrogens with zero attached hydrogens (tertiary/aromatic N) is 2.